The summed E-state index contributed by atoms with van der Waals surface area (Å²) in [6.07, 6.45) is 4.73. The second-order valence-corrected chi connectivity index (χ2v) is 6.57. The average molecular weight is 322 g/mol. The fourth-order valence-electron chi connectivity index (χ4n) is 3.70. The van der Waals surface area contributed by atoms with Gasteiger partial charge in [-0.25, -0.2) is 4.98 Å². The monoisotopic (exact) mass is 322 g/mol. The Hall–Kier alpha value is -2.56. The number of aromatic nitrogens is 1. The van der Waals surface area contributed by atoms with Gasteiger partial charge in [-0.1, -0.05) is 31.0 Å². The molecule has 1 fully saturated rings. The molecule has 1 aliphatic heterocycles. The topological polar surface area (TPSA) is 57.3 Å². The van der Waals surface area contributed by atoms with Crippen molar-refractivity contribution in [1.82, 2.24) is 4.98 Å². The minimum atomic E-state index is -0.180. The van der Waals surface area contributed by atoms with E-state index in [1.807, 2.05) is 49.4 Å². The van der Waals surface area contributed by atoms with Crippen molar-refractivity contribution in [3.63, 3.8) is 0 Å². The maximum absolute atomic E-state index is 12.3. The maximum atomic E-state index is 12.3. The molecular weight excluding hydrogens is 300 g/mol. The largest absolute Gasteiger partial charge is 0.340 e. The lowest BCUT2D eigenvalue weighted by molar-refractivity contribution is -0.117. The predicted molar refractivity (Wildman–Crippen MR) is 96.8 cm³/mol. The minimum Gasteiger partial charge on any atom is -0.340 e. The number of pyridine rings is 1. The number of hydrogen-bond acceptors (Lipinski definition) is 4. The molecule has 5 nitrogen and oxygen atoms in total. The molecule has 0 saturated heterocycles. The molecule has 1 saturated carbocycles. The van der Waals surface area contributed by atoms with E-state index in [1.54, 1.807) is 0 Å². The smallest absolute Gasteiger partial charge is 0.246 e. The third kappa shape index (κ3) is 2.70. The number of nitrogens with one attached hydrogen (secondary N) is 2. The second-order valence-electron chi connectivity index (χ2n) is 6.57. The molecule has 1 atom stereocenters. The minimum absolute atomic E-state index is 0.0555. The normalized spacial score (nSPS) is 20.6. The highest BCUT2D eigenvalue weighted by molar-refractivity contribution is 6.02. The lowest BCUT2D eigenvalue weighted by Gasteiger charge is -2.39. The number of benzene rings is 1. The van der Waals surface area contributed by atoms with Crippen LogP contribution in [-0.4, -0.2) is 23.0 Å². The van der Waals surface area contributed by atoms with Crippen LogP contribution >= 0.6 is 0 Å². The molecule has 0 radical (unpaired) electrons. The first-order valence-corrected chi connectivity index (χ1v) is 8.65. The van der Waals surface area contributed by atoms with Gasteiger partial charge in [0.25, 0.3) is 0 Å². The standard InChI is InChI=1S/C19H22N4O/c1-13-19(24)21-16-11-12-17(20-14-7-3-2-4-8-14)22-18(16)23(13)15-9-5-6-10-15/h2-4,7-8,11-13,15H,5-6,9-10H2,1H3,(H,20,22)(H,21,24)/t13-/m1/s1. The number of fused-ring (bicyclic) bond motifs is 1. The van der Waals surface area contributed by atoms with Crippen molar-refractivity contribution >= 4 is 28.9 Å². The molecule has 1 aliphatic carbocycles. The Morgan fingerprint density at radius 2 is 1.88 bits per heavy atom. The van der Waals surface area contributed by atoms with E-state index in [-0.39, 0.29) is 11.9 Å². The molecule has 4 rings (SSSR count). The fourth-order valence-corrected chi connectivity index (χ4v) is 3.70. The Morgan fingerprint density at radius 3 is 2.62 bits per heavy atom. The number of anilines is 4. The van der Waals surface area contributed by atoms with Gasteiger partial charge in [-0.05, 0) is 44.0 Å². The summed E-state index contributed by atoms with van der Waals surface area (Å²) in [5.41, 5.74) is 1.81. The van der Waals surface area contributed by atoms with Gasteiger partial charge >= 0.3 is 0 Å². The fraction of sp³-hybridized carbons (Fsp3) is 0.368. The zero-order valence-corrected chi connectivity index (χ0v) is 13.8. The summed E-state index contributed by atoms with van der Waals surface area (Å²) in [5, 5.41) is 6.32. The first-order chi connectivity index (χ1) is 11.7. The molecule has 5 heteroatoms. The van der Waals surface area contributed by atoms with Crippen LogP contribution in [0.15, 0.2) is 42.5 Å². The summed E-state index contributed by atoms with van der Waals surface area (Å²) < 4.78 is 0. The van der Waals surface area contributed by atoms with Crippen molar-refractivity contribution in [2.45, 2.75) is 44.7 Å². The molecule has 0 unspecified atom stereocenters. The van der Waals surface area contributed by atoms with Crippen LogP contribution in [0.2, 0.25) is 0 Å². The first kappa shape index (κ1) is 15.0. The summed E-state index contributed by atoms with van der Waals surface area (Å²) in [5.74, 6) is 1.74. The van der Waals surface area contributed by atoms with E-state index in [9.17, 15) is 4.79 Å². The summed E-state index contributed by atoms with van der Waals surface area (Å²) in [7, 11) is 0. The van der Waals surface area contributed by atoms with Gasteiger partial charge in [0.15, 0.2) is 5.82 Å². The van der Waals surface area contributed by atoms with Crippen molar-refractivity contribution in [3.8, 4) is 0 Å². The molecule has 2 aromatic rings. The van der Waals surface area contributed by atoms with Crippen molar-refractivity contribution < 1.29 is 4.79 Å². The third-order valence-electron chi connectivity index (χ3n) is 4.94. The van der Waals surface area contributed by atoms with Crippen molar-refractivity contribution in [3.05, 3.63) is 42.5 Å². The molecule has 1 aromatic carbocycles. The van der Waals surface area contributed by atoms with Crippen LogP contribution in [0, 0.1) is 0 Å². The molecule has 1 aromatic heterocycles. The Kier molecular flexibility index (Phi) is 3.84. The number of hydrogen-bond donors (Lipinski definition) is 2. The highest BCUT2D eigenvalue weighted by atomic mass is 16.2. The maximum Gasteiger partial charge on any atom is 0.246 e. The number of amides is 1. The molecule has 0 spiro atoms. The third-order valence-corrected chi connectivity index (χ3v) is 4.94. The predicted octanol–water partition coefficient (Wildman–Crippen LogP) is 3.91. The number of rotatable bonds is 3. The van der Waals surface area contributed by atoms with Gasteiger partial charge in [0.1, 0.15) is 11.9 Å². The van der Waals surface area contributed by atoms with Crippen LogP contribution < -0.4 is 15.5 Å². The summed E-state index contributed by atoms with van der Waals surface area (Å²) in [6.45, 7) is 1.97. The van der Waals surface area contributed by atoms with Crippen LogP contribution in [-0.2, 0) is 4.79 Å². The number of carbonyl (C=O) groups excluding carboxylic acids is 1. The van der Waals surface area contributed by atoms with Gasteiger partial charge in [0.2, 0.25) is 5.91 Å². The molecule has 24 heavy (non-hydrogen) atoms. The zero-order valence-electron chi connectivity index (χ0n) is 13.8. The number of nitrogens with zero attached hydrogens (tertiary/aromatic N) is 2. The van der Waals surface area contributed by atoms with Crippen molar-refractivity contribution in [1.29, 1.82) is 0 Å². The summed E-state index contributed by atoms with van der Waals surface area (Å²) >= 11 is 0. The molecule has 124 valence electrons. The van der Waals surface area contributed by atoms with E-state index in [2.05, 4.69) is 15.5 Å². The Balaban J connectivity index is 1.69. The molecule has 0 bridgehead atoms. The van der Waals surface area contributed by atoms with E-state index < -0.39 is 0 Å². The second kappa shape index (κ2) is 6.15. The van der Waals surface area contributed by atoms with Crippen molar-refractivity contribution in [2.24, 2.45) is 0 Å². The first-order valence-electron chi connectivity index (χ1n) is 8.65. The molecule has 2 N–H and O–H groups in total. The van der Waals surface area contributed by atoms with Gasteiger partial charge < -0.3 is 15.5 Å². The van der Waals surface area contributed by atoms with Gasteiger partial charge in [-0.3, -0.25) is 4.79 Å². The molecule has 2 aliphatic rings. The van der Waals surface area contributed by atoms with E-state index in [0.717, 1.165) is 35.9 Å². The Labute approximate surface area is 142 Å². The van der Waals surface area contributed by atoms with Gasteiger partial charge in [0, 0.05) is 11.7 Å². The summed E-state index contributed by atoms with van der Waals surface area (Å²) in [6, 6.07) is 14.1. The lowest BCUT2D eigenvalue weighted by atomic mass is 10.1. The zero-order chi connectivity index (χ0) is 16.5. The number of para-hydroxylation sites is 1. The van der Waals surface area contributed by atoms with E-state index >= 15 is 0 Å². The summed E-state index contributed by atoms with van der Waals surface area (Å²) in [4.78, 5) is 19.3. The van der Waals surface area contributed by atoms with Gasteiger partial charge in [-0.15, -0.1) is 0 Å². The highest BCUT2D eigenvalue weighted by Crippen LogP contribution is 2.37. The van der Waals surface area contributed by atoms with Crippen molar-refractivity contribution in [2.75, 3.05) is 15.5 Å². The number of carbonyl (C=O) groups is 1. The molecule has 2 heterocycles. The van der Waals surface area contributed by atoms with Gasteiger partial charge in [0.05, 0.1) is 5.69 Å². The van der Waals surface area contributed by atoms with E-state index in [1.165, 1.54) is 12.8 Å². The van der Waals surface area contributed by atoms with E-state index in [4.69, 9.17) is 4.98 Å². The Bertz CT molecular complexity index is 740. The lowest BCUT2D eigenvalue weighted by Crippen LogP contribution is -2.51. The van der Waals surface area contributed by atoms with Crippen LogP contribution in [0.3, 0.4) is 0 Å². The van der Waals surface area contributed by atoms with Gasteiger partial charge in [-0.2, -0.15) is 0 Å². The highest BCUT2D eigenvalue weighted by Gasteiger charge is 2.36. The average Bonchev–Trinajstić information content (AvgIpc) is 3.11. The Morgan fingerprint density at radius 1 is 1.12 bits per heavy atom. The van der Waals surface area contributed by atoms with Crippen LogP contribution in [0.4, 0.5) is 23.0 Å². The SMILES string of the molecule is C[C@@H]1C(=O)Nc2ccc(Nc3ccccc3)nc2N1C1CCCC1. The van der Waals surface area contributed by atoms with Crippen LogP contribution in [0.1, 0.15) is 32.6 Å². The molecule has 1 amide bonds. The molecular formula is C19H22N4O. The van der Waals surface area contributed by atoms with Crippen LogP contribution in [0.25, 0.3) is 0 Å². The van der Waals surface area contributed by atoms with Crippen LogP contribution in [0.5, 0.6) is 0 Å². The van der Waals surface area contributed by atoms with E-state index in [0.29, 0.717) is 6.04 Å². The quantitative estimate of drug-likeness (QED) is 0.899.